The van der Waals surface area contributed by atoms with Crippen LogP contribution in [0, 0.1) is 5.82 Å². The van der Waals surface area contributed by atoms with Crippen LogP contribution in [0.5, 0.6) is 0 Å². The molecule has 3 rings (SSSR count). The molecule has 1 unspecified atom stereocenters. The lowest BCUT2D eigenvalue weighted by Gasteiger charge is -2.31. The molecular weight excluding hydrogens is 269 g/mol. The lowest BCUT2D eigenvalue weighted by molar-refractivity contribution is -0.133. The van der Waals surface area contributed by atoms with Crippen LogP contribution in [0.2, 0.25) is 0 Å². The Morgan fingerprint density at radius 2 is 2.19 bits per heavy atom. The molecule has 0 spiro atoms. The van der Waals surface area contributed by atoms with E-state index < -0.39 is 0 Å². The summed E-state index contributed by atoms with van der Waals surface area (Å²) in [5.74, 6) is 0.0171. The lowest BCUT2D eigenvalue weighted by Crippen LogP contribution is -2.49. The van der Waals surface area contributed by atoms with Crippen molar-refractivity contribution >= 4 is 5.91 Å². The third-order valence-corrected chi connectivity index (χ3v) is 4.54. The number of halogens is 1. The van der Waals surface area contributed by atoms with Gasteiger partial charge in [0, 0.05) is 32.2 Å². The fourth-order valence-electron chi connectivity index (χ4n) is 3.36. The van der Waals surface area contributed by atoms with E-state index in [0.717, 1.165) is 44.6 Å². The highest BCUT2D eigenvalue weighted by atomic mass is 19.1. The fraction of sp³-hybridized carbons (Fsp3) is 0.562. The van der Waals surface area contributed by atoms with Crippen LogP contribution in [0.15, 0.2) is 18.2 Å². The summed E-state index contributed by atoms with van der Waals surface area (Å²) in [6, 6.07) is 5.24. The van der Waals surface area contributed by atoms with Crippen molar-refractivity contribution in [3.63, 3.8) is 0 Å². The van der Waals surface area contributed by atoms with E-state index in [9.17, 15) is 9.18 Å². The van der Waals surface area contributed by atoms with E-state index in [-0.39, 0.29) is 17.8 Å². The number of benzene rings is 1. The molecule has 5 heteroatoms. The van der Waals surface area contributed by atoms with Crippen LogP contribution in [0.1, 0.15) is 23.6 Å². The van der Waals surface area contributed by atoms with Crippen molar-refractivity contribution in [2.75, 3.05) is 39.8 Å². The number of nitrogens with one attached hydrogen (secondary N) is 1. The van der Waals surface area contributed by atoms with Crippen LogP contribution in [-0.4, -0.2) is 55.5 Å². The fourth-order valence-corrected chi connectivity index (χ4v) is 3.36. The van der Waals surface area contributed by atoms with Crippen molar-refractivity contribution in [3.8, 4) is 0 Å². The SMILES string of the molecule is CN(CC(=O)N1CCNCC1)C1CCc2cc(F)ccc21. The second kappa shape index (κ2) is 6.12. The molecule has 1 aliphatic heterocycles. The predicted octanol–water partition coefficient (Wildman–Crippen LogP) is 1.18. The van der Waals surface area contributed by atoms with Gasteiger partial charge in [-0.05, 0) is 43.1 Å². The van der Waals surface area contributed by atoms with Gasteiger partial charge < -0.3 is 10.2 Å². The molecule has 0 radical (unpaired) electrons. The highest BCUT2D eigenvalue weighted by molar-refractivity contribution is 5.78. The Morgan fingerprint density at radius 1 is 1.43 bits per heavy atom. The molecule has 1 heterocycles. The number of aryl methyl sites for hydroxylation is 1. The largest absolute Gasteiger partial charge is 0.339 e. The Hall–Kier alpha value is -1.46. The van der Waals surface area contributed by atoms with Crippen molar-refractivity contribution in [1.29, 1.82) is 0 Å². The number of likely N-dealkylation sites (N-methyl/N-ethyl adjacent to an activating group) is 1. The number of carbonyl (C=O) groups is 1. The van der Waals surface area contributed by atoms with Crippen molar-refractivity contribution in [1.82, 2.24) is 15.1 Å². The maximum atomic E-state index is 13.3. The smallest absolute Gasteiger partial charge is 0.236 e. The maximum absolute atomic E-state index is 13.3. The molecule has 1 saturated heterocycles. The van der Waals surface area contributed by atoms with E-state index in [0.29, 0.717) is 6.54 Å². The highest BCUT2D eigenvalue weighted by Gasteiger charge is 2.28. The summed E-state index contributed by atoms with van der Waals surface area (Å²) in [5, 5.41) is 3.25. The first-order chi connectivity index (χ1) is 10.1. The number of hydrogen-bond donors (Lipinski definition) is 1. The number of fused-ring (bicyclic) bond motifs is 1. The number of nitrogens with zero attached hydrogens (tertiary/aromatic N) is 2. The summed E-state index contributed by atoms with van der Waals surface area (Å²) in [5.41, 5.74) is 2.26. The molecule has 1 fully saturated rings. The molecule has 1 atom stereocenters. The van der Waals surface area contributed by atoms with Gasteiger partial charge in [0.05, 0.1) is 6.54 Å². The number of piperazine rings is 1. The summed E-state index contributed by atoms with van der Waals surface area (Å²) in [7, 11) is 1.99. The monoisotopic (exact) mass is 291 g/mol. The minimum atomic E-state index is -0.172. The zero-order chi connectivity index (χ0) is 14.8. The molecule has 0 saturated carbocycles. The standard InChI is InChI=1S/C16H22FN3O/c1-19(11-16(21)20-8-6-18-7-9-20)15-5-2-12-10-13(17)3-4-14(12)15/h3-4,10,15,18H,2,5-9,11H2,1H3. The molecule has 1 aromatic rings. The van der Waals surface area contributed by atoms with E-state index in [1.165, 1.54) is 11.6 Å². The first-order valence-corrected chi connectivity index (χ1v) is 7.62. The van der Waals surface area contributed by atoms with E-state index in [4.69, 9.17) is 0 Å². The van der Waals surface area contributed by atoms with Gasteiger partial charge in [0.1, 0.15) is 5.82 Å². The van der Waals surface area contributed by atoms with E-state index in [1.807, 2.05) is 18.0 Å². The molecule has 21 heavy (non-hydrogen) atoms. The van der Waals surface area contributed by atoms with Crippen LogP contribution in [0.3, 0.4) is 0 Å². The zero-order valence-electron chi connectivity index (χ0n) is 12.4. The van der Waals surface area contributed by atoms with Crippen LogP contribution >= 0.6 is 0 Å². The van der Waals surface area contributed by atoms with Crippen molar-refractivity contribution in [2.45, 2.75) is 18.9 Å². The summed E-state index contributed by atoms with van der Waals surface area (Å²) in [6.45, 7) is 3.77. The Labute approximate surface area is 124 Å². The Balaban J connectivity index is 1.64. The van der Waals surface area contributed by atoms with Crippen LogP contribution in [0.25, 0.3) is 0 Å². The average Bonchev–Trinajstić information content (AvgIpc) is 2.91. The second-order valence-corrected chi connectivity index (χ2v) is 5.94. The number of rotatable bonds is 3. The molecule has 2 aliphatic rings. The Morgan fingerprint density at radius 3 is 2.95 bits per heavy atom. The van der Waals surface area contributed by atoms with Gasteiger partial charge in [0.15, 0.2) is 0 Å². The molecule has 0 bridgehead atoms. The second-order valence-electron chi connectivity index (χ2n) is 5.94. The van der Waals surface area contributed by atoms with Gasteiger partial charge in [-0.15, -0.1) is 0 Å². The summed E-state index contributed by atoms with van der Waals surface area (Å²) < 4.78 is 13.3. The Kier molecular flexibility index (Phi) is 4.22. The van der Waals surface area contributed by atoms with Crippen molar-refractivity contribution in [3.05, 3.63) is 35.1 Å². The van der Waals surface area contributed by atoms with Gasteiger partial charge in [-0.3, -0.25) is 9.69 Å². The minimum Gasteiger partial charge on any atom is -0.339 e. The van der Waals surface area contributed by atoms with Gasteiger partial charge in [-0.1, -0.05) is 6.07 Å². The normalized spacial score (nSPS) is 21.7. The van der Waals surface area contributed by atoms with Crippen LogP contribution in [-0.2, 0) is 11.2 Å². The summed E-state index contributed by atoms with van der Waals surface area (Å²) in [4.78, 5) is 16.4. The maximum Gasteiger partial charge on any atom is 0.236 e. The average molecular weight is 291 g/mol. The number of carbonyl (C=O) groups excluding carboxylic acids is 1. The first-order valence-electron chi connectivity index (χ1n) is 7.62. The summed E-state index contributed by atoms with van der Waals surface area (Å²) in [6.07, 6.45) is 1.86. The molecule has 0 aromatic heterocycles. The molecule has 1 N–H and O–H groups in total. The zero-order valence-corrected chi connectivity index (χ0v) is 12.4. The lowest BCUT2D eigenvalue weighted by atomic mass is 10.1. The molecule has 1 aromatic carbocycles. The molecular formula is C16H22FN3O. The van der Waals surface area contributed by atoms with Crippen molar-refractivity contribution < 1.29 is 9.18 Å². The molecule has 1 aliphatic carbocycles. The first kappa shape index (κ1) is 14.5. The third-order valence-electron chi connectivity index (χ3n) is 4.54. The highest BCUT2D eigenvalue weighted by Crippen LogP contribution is 2.35. The van der Waals surface area contributed by atoms with Crippen LogP contribution in [0.4, 0.5) is 4.39 Å². The van der Waals surface area contributed by atoms with Crippen molar-refractivity contribution in [2.24, 2.45) is 0 Å². The van der Waals surface area contributed by atoms with Gasteiger partial charge in [0.2, 0.25) is 5.91 Å². The molecule has 1 amide bonds. The quantitative estimate of drug-likeness (QED) is 0.908. The summed E-state index contributed by atoms with van der Waals surface area (Å²) >= 11 is 0. The Bertz CT molecular complexity index is 528. The van der Waals surface area contributed by atoms with E-state index >= 15 is 0 Å². The minimum absolute atomic E-state index is 0.172. The number of hydrogen-bond acceptors (Lipinski definition) is 3. The van der Waals surface area contributed by atoms with E-state index in [1.54, 1.807) is 6.07 Å². The van der Waals surface area contributed by atoms with Gasteiger partial charge in [-0.25, -0.2) is 4.39 Å². The van der Waals surface area contributed by atoms with Gasteiger partial charge in [0.25, 0.3) is 0 Å². The van der Waals surface area contributed by atoms with E-state index in [2.05, 4.69) is 10.2 Å². The van der Waals surface area contributed by atoms with Gasteiger partial charge >= 0.3 is 0 Å². The van der Waals surface area contributed by atoms with Crippen LogP contribution < -0.4 is 5.32 Å². The predicted molar refractivity (Wildman–Crippen MR) is 79.5 cm³/mol. The molecule has 4 nitrogen and oxygen atoms in total. The third kappa shape index (κ3) is 3.09. The number of amides is 1. The van der Waals surface area contributed by atoms with Gasteiger partial charge in [-0.2, -0.15) is 0 Å². The molecule has 114 valence electrons. The topological polar surface area (TPSA) is 35.6 Å².